The summed E-state index contributed by atoms with van der Waals surface area (Å²) in [6.45, 7) is 6.46. The van der Waals surface area contributed by atoms with E-state index in [0.29, 0.717) is 10.8 Å². The molecule has 1 heterocycles. The molecule has 0 aliphatic carbocycles. The quantitative estimate of drug-likeness (QED) is 0.837. The summed E-state index contributed by atoms with van der Waals surface area (Å²) in [6.07, 6.45) is 0. The van der Waals surface area contributed by atoms with Gasteiger partial charge in [-0.1, -0.05) is 11.6 Å². The Morgan fingerprint density at radius 2 is 2.00 bits per heavy atom. The normalized spacial score (nSPS) is 12.3. The minimum atomic E-state index is 0.260. The number of methoxy groups -OCH3 is 1. The SMILES string of the molecule is COc1cc(NC(C)c2cc(C)sc2C)ccc1Cl. The molecule has 0 spiro atoms. The highest BCUT2D eigenvalue weighted by atomic mass is 35.5. The minimum Gasteiger partial charge on any atom is -0.495 e. The van der Waals surface area contributed by atoms with Gasteiger partial charge in [0.2, 0.25) is 0 Å². The second-order valence-electron chi connectivity index (χ2n) is 4.58. The Morgan fingerprint density at radius 1 is 1.26 bits per heavy atom. The van der Waals surface area contributed by atoms with Crippen LogP contribution < -0.4 is 10.1 Å². The fourth-order valence-electron chi connectivity index (χ4n) is 2.16. The van der Waals surface area contributed by atoms with Crippen LogP contribution in [0.15, 0.2) is 24.3 Å². The number of rotatable bonds is 4. The van der Waals surface area contributed by atoms with Gasteiger partial charge in [-0.15, -0.1) is 11.3 Å². The number of thiophene rings is 1. The topological polar surface area (TPSA) is 21.3 Å². The maximum atomic E-state index is 6.03. The van der Waals surface area contributed by atoms with E-state index in [4.69, 9.17) is 16.3 Å². The Bertz CT molecular complexity index is 580. The summed E-state index contributed by atoms with van der Waals surface area (Å²) in [4.78, 5) is 2.70. The standard InChI is InChI=1S/C15H18ClNOS/c1-9-7-13(11(3)19-9)10(2)17-12-5-6-14(16)15(8-12)18-4/h5-8,10,17H,1-4H3. The molecule has 4 heteroatoms. The third-order valence-corrected chi connectivity index (χ3v) is 4.37. The van der Waals surface area contributed by atoms with Gasteiger partial charge < -0.3 is 10.1 Å². The van der Waals surface area contributed by atoms with Crippen LogP contribution in [0.25, 0.3) is 0 Å². The van der Waals surface area contributed by atoms with Crippen molar-refractivity contribution >= 4 is 28.6 Å². The van der Waals surface area contributed by atoms with Crippen LogP contribution in [0, 0.1) is 13.8 Å². The summed E-state index contributed by atoms with van der Waals surface area (Å²) in [5.74, 6) is 0.692. The van der Waals surface area contributed by atoms with Crippen LogP contribution in [-0.2, 0) is 0 Å². The molecule has 0 radical (unpaired) electrons. The maximum Gasteiger partial charge on any atom is 0.139 e. The smallest absolute Gasteiger partial charge is 0.139 e. The number of benzene rings is 1. The zero-order valence-corrected chi connectivity index (χ0v) is 13.2. The lowest BCUT2D eigenvalue weighted by Gasteiger charge is -2.16. The first-order valence-electron chi connectivity index (χ1n) is 6.18. The van der Waals surface area contributed by atoms with Gasteiger partial charge >= 0.3 is 0 Å². The molecule has 1 aromatic heterocycles. The molecule has 0 saturated carbocycles. The summed E-state index contributed by atoms with van der Waals surface area (Å²) in [7, 11) is 1.63. The van der Waals surface area contributed by atoms with E-state index in [1.165, 1.54) is 15.3 Å². The van der Waals surface area contributed by atoms with E-state index in [1.54, 1.807) is 7.11 Å². The molecule has 2 nitrogen and oxygen atoms in total. The first-order valence-corrected chi connectivity index (χ1v) is 7.37. The van der Waals surface area contributed by atoms with Crippen LogP contribution in [-0.4, -0.2) is 7.11 Å². The number of halogens is 1. The van der Waals surface area contributed by atoms with Gasteiger partial charge in [0.25, 0.3) is 0 Å². The van der Waals surface area contributed by atoms with Crippen molar-refractivity contribution in [3.05, 3.63) is 44.6 Å². The molecule has 102 valence electrons. The average Bonchev–Trinajstić information content (AvgIpc) is 2.71. The Labute approximate surface area is 123 Å². The Balaban J connectivity index is 2.19. The largest absolute Gasteiger partial charge is 0.495 e. The Morgan fingerprint density at radius 3 is 2.58 bits per heavy atom. The number of nitrogens with one attached hydrogen (secondary N) is 1. The Hall–Kier alpha value is -1.19. The zero-order valence-electron chi connectivity index (χ0n) is 11.6. The predicted octanol–water partition coefficient (Wildman–Crippen LogP) is 5.20. The summed E-state index contributed by atoms with van der Waals surface area (Å²) < 4.78 is 5.23. The van der Waals surface area contributed by atoms with E-state index in [9.17, 15) is 0 Å². The van der Waals surface area contributed by atoms with Crippen LogP contribution in [0.1, 0.15) is 28.3 Å². The lowest BCUT2D eigenvalue weighted by molar-refractivity contribution is 0.415. The van der Waals surface area contributed by atoms with Crippen molar-refractivity contribution in [3.8, 4) is 5.75 Å². The van der Waals surface area contributed by atoms with Crippen LogP contribution in [0.5, 0.6) is 5.75 Å². The lowest BCUT2D eigenvalue weighted by Crippen LogP contribution is -2.06. The molecule has 1 unspecified atom stereocenters. The van der Waals surface area contributed by atoms with Gasteiger partial charge in [0.05, 0.1) is 12.1 Å². The van der Waals surface area contributed by atoms with E-state index >= 15 is 0 Å². The first kappa shape index (κ1) is 14.2. The molecule has 0 bridgehead atoms. The molecule has 0 fully saturated rings. The van der Waals surface area contributed by atoms with Crippen LogP contribution >= 0.6 is 22.9 Å². The highest BCUT2D eigenvalue weighted by molar-refractivity contribution is 7.12. The predicted molar refractivity (Wildman–Crippen MR) is 83.8 cm³/mol. The van der Waals surface area contributed by atoms with Crippen LogP contribution in [0.3, 0.4) is 0 Å². The fraction of sp³-hybridized carbons (Fsp3) is 0.333. The molecular weight excluding hydrogens is 278 g/mol. The van der Waals surface area contributed by atoms with Crippen LogP contribution in [0.2, 0.25) is 5.02 Å². The van der Waals surface area contributed by atoms with Gasteiger partial charge in [0.1, 0.15) is 5.75 Å². The van der Waals surface area contributed by atoms with Gasteiger partial charge in [-0.2, -0.15) is 0 Å². The van der Waals surface area contributed by atoms with Crippen LogP contribution in [0.4, 0.5) is 5.69 Å². The number of hydrogen-bond acceptors (Lipinski definition) is 3. The molecular formula is C15H18ClNOS. The number of hydrogen-bond donors (Lipinski definition) is 1. The van der Waals surface area contributed by atoms with E-state index in [1.807, 2.05) is 29.5 Å². The monoisotopic (exact) mass is 295 g/mol. The minimum absolute atomic E-state index is 0.260. The van der Waals surface area contributed by atoms with Crippen molar-refractivity contribution < 1.29 is 4.74 Å². The molecule has 0 saturated heterocycles. The van der Waals surface area contributed by atoms with Crippen molar-refractivity contribution in [2.75, 3.05) is 12.4 Å². The second-order valence-corrected chi connectivity index (χ2v) is 6.45. The van der Waals surface area contributed by atoms with Crippen molar-refractivity contribution in [1.82, 2.24) is 0 Å². The summed E-state index contributed by atoms with van der Waals surface area (Å²) >= 11 is 7.86. The zero-order chi connectivity index (χ0) is 14.0. The van der Waals surface area contributed by atoms with E-state index in [2.05, 4.69) is 32.2 Å². The van der Waals surface area contributed by atoms with Crippen molar-refractivity contribution in [1.29, 1.82) is 0 Å². The molecule has 0 aliphatic rings. The highest BCUT2D eigenvalue weighted by Gasteiger charge is 2.12. The van der Waals surface area contributed by atoms with E-state index < -0.39 is 0 Å². The van der Waals surface area contributed by atoms with Gasteiger partial charge in [-0.3, -0.25) is 0 Å². The molecule has 1 N–H and O–H groups in total. The fourth-order valence-corrected chi connectivity index (χ4v) is 3.37. The number of aryl methyl sites for hydroxylation is 2. The molecule has 0 amide bonds. The molecule has 0 aliphatic heterocycles. The Kier molecular flexibility index (Phi) is 4.38. The maximum absolute atomic E-state index is 6.03. The molecule has 2 rings (SSSR count). The summed E-state index contributed by atoms with van der Waals surface area (Å²) in [5, 5.41) is 4.11. The summed E-state index contributed by atoms with van der Waals surface area (Å²) in [6, 6.07) is 8.24. The van der Waals surface area contributed by atoms with Crippen molar-refractivity contribution in [3.63, 3.8) is 0 Å². The number of ether oxygens (including phenoxy) is 1. The van der Waals surface area contributed by atoms with E-state index in [0.717, 1.165) is 5.69 Å². The van der Waals surface area contributed by atoms with Crippen molar-refractivity contribution in [2.24, 2.45) is 0 Å². The van der Waals surface area contributed by atoms with Gasteiger partial charge in [0.15, 0.2) is 0 Å². The molecule has 1 atom stereocenters. The van der Waals surface area contributed by atoms with E-state index in [-0.39, 0.29) is 6.04 Å². The number of anilines is 1. The molecule has 19 heavy (non-hydrogen) atoms. The molecule has 2 aromatic rings. The first-order chi connectivity index (χ1) is 9.01. The third kappa shape index (κ3) is 3.23. The van der Waals surface area contributed by atoms with Gasteiger partial charge in [0, 0.05) is 27.5 Å². The average molecular weight is 296 g/mol. The second kappa shape index (κ2) is 5.85. The highest BCUT2D eigenvalue weighted by Crippen LogP contribution is 2.31. The third-order valence-electron chi connectivity index (χ3n) is 3.08. The van der Waals surface area contributed by atoms with Crippen molar-refractivity contribution in [2.45, 2.75) is 26.8 Å². The van der Waals surface area contributed by atoms with Gasteiger partial charge in [-0.25, -0.2) is 0 Å². The van der Waals surface area contributed by atoms with Gasteiger partial charge in [-0.05, 0) is 44.5 Å². The lowest BCUT2D eigenvalue weighted by atomic mass is 10.1. The molecule has 1 aromatic carbocycles. The summed E-state index contributed by atoms with van der Waals surface area (Å²) in [5.41, 5.74) is 2.36.